The van der Waals surface area contributed by atoms with Gasteiger partial charge in [0.1, 0.15) is 0 Å². The van der Waals surface area contributed by atoms with Gasteiger partial charge in [-0.15, -0.1) is 0 Å². The minimum atomic E-state index is -0.432. The van der Waals surface area contributed by atoms with E-state index in [9.17, 15) is 10.1 Å². The van der Waals surface area contributed by atoms with Gasteiger partial charge < -0.3 is 5.32 Å². The van der Waals surface area contributed by atoms with E-state index < -0.39 is 4.92 Å². The van der Waals surface area contributed by atoms with Crippen LogP contribution in [0.5, 0.6) is 0 Å². The van der Waals surface area contributed by atoms with Crippen LogP contribution in [0.2, 0.25) is 0 Å². The Morgan fingerprint density at radius 2 is 1.72 bits per heavy atom. The van der Waals surface area contributed by atoms with E-state index in [1.807, 2.05) is 12.1 Å². The molecule has 0 saturated heterocycles. The SMILES string of the molecule is C/C(=N/NC(=S)Nc1ccc(C(C)C)cc1)c1ccc([N+](=O)[O-])cc1. The Balaban J connectivity index is 1.95. The molecule has 0 aromatic heterocycles. The summed E-state index contributed by atoms with van der Waals surface area (Å²) < 4.78 is 0. The first-order valence-electron chi connectivity index (χ1n) is 7.83. The summed E-state index contributed by atoms with van der Waals surface area (Å²) in [6, 6.07) is 14.2. The average molecular weight is 356 g/mol. The molecule has 130 valence electrons. The van der Waals surface area contributed by atoms with Crippen molar-refractivity contribution in [3.63, 3.8) is 0 Å². The molecule has 0 aliphatic heterocycles. The quantitative estimate of drug-likeness (QED) is 0.359. The molecule has 2 aromatic rings. The smallest absolute Gasteiger partial charge is 0.269 e. The lowest BCUT2D eigenvalue weighted by atomic mass is 10.0. The number of nitrogens with one attached hydrogen (secondary N) is 2. The van der Waals surface area contributed by atoms with Crippen molar-refractivity contribution in [2.75, 3.05) is 5.32 Å². The second-order valence-electron chi connectivity index (χ2n) is 5.84. The van der Waals surface area contributed by atoms with Crippen molar-refractivity contribution in [3.05, 3.63) is 69.8 Å². The third kappa shape index (κ3) is 5.36. The molecular weight excluding hydrogens is 336 g/mol. The first kappa shape index (κ1) is 18.5. The molecule has 6 nitrogen and oxygen atoms in total. The molecule has 0 fully saturated rings. The first-order chi connectivity index (χ1) is 11.9. The zero-order chi connectivity index (χ0) is 18.4. The van der Waals surface area contributed by atoms with E-state index in [0.717, 1.165) is 11.3 Å². The second-order valence-corrected chi connectivity index (χ2v) is 6.25. The molecule has 0 atom stereocenters. The van der Waals surface area contributed by atoms with Crippen LogP contribution >= 0.6 is 12.2 Å². The monoisotopic (exact) mass is 356 g/mol. The van der Waals surface area contributed by atoms with Crippen molar-refractivity contribution >= 4 is 34.4 Å². The Hall–Kier alpha value is -2.80. The van der Waals surface area contributed by atoms with Gasteiger partial charge in [0.05, 0.1) is 10.6 Å². The summed E-state index contributed by atoms with van der Waals surface area (Å²) in [5, 5.41) is 18.3. The fourth-order valence-electron chi connectivity index (χ4n) is 2.13. The molecular formula is C18H20N4O2S. The molecule has 0 aliphatic carbocycles. The number of hydrogen-bond acceptors (Lipinski definition) is 4. The van der Waals surface area contributed by atoms with Crippen LogP contribution in [-0.2, 0) is 0 Å². The number of benzene rings is 2. The zero-order valence-corrected chi connectivity index (χ0v) is 15.1. The highest BCUT2D eigenvalue weighted by Crippen LogP contribution is 2.17. The summed E-state index contributed by atoms with van der Waals surface area (Å²) >= 11 is 5.23. The van der Waals surface area contributed by atoms with E-state index in [1.165, 1.54) is 17.7 Å². The van der Waals surface area contributed by atoms with Crippen LogP contribution in [0.25, 0.3) is 0 Å². The van der Waals surface area contributed by atoms with Crippen molar-refractivity contribution in [1.29, 1.82) is 0 Å². The molecule has 0 saturated carbocycles. The van der Waals surface area contributed by atoms with E-state index >= 15 is 0 Å². The normalized spacial score (nSPS) is 11.3. The maximum Gasteiger partial charge on any atom is 0.269 e. The predicted molar refractivity (Wildman–Crippen MR) is 105 cm³/mol. The number of nitrogens with zero attached hydrogens (tertiary/aromatic N) is 2. The van der Waals surface area contributed by atoms with Gasteiger partial charge in [-0.3, -0.25) is 15.5 Å². The highest BCUT2D eigenvalue weighted by Gasteiger charge is 2.06. The minimum Gasteiger partial charge on any atom is -0.331 e. The van der Waals surface area contributed by atoms with E-state index in [0.29, 0.717) is 16.7 Å². The molecule has 25 heavy (non-hydrogen) atoms. The van der Waals surface area contributed by atoms with E-state index in [1.54, 1.807) is 19.1 Å². The molecule has 0 unspecified atom stereocenters. The van der Waals surface area contributed by atoms with Crippen molar-refractivity contribution < 1.29 is 4.92 Å². The van der Waals surface area contributed by atoms with Crippen molar-refractivity contribution in [2.24, 2.45) is 5.10 Å². The number of thiocarbonyl (C=S) groups is 1. The van der Waals surface area contributed by atoms with Crippen LogP contribution < -0.4 is 10.7 Å². The van der Waals surface area contributed by atoms with Gasteiger partial charge in [0.25, 0.3) is 5.69 Å². The number of anilines is 1. The highest BCUT2D eigenvalue weighted by molar-refractivity contribution is 7.80. The number of rotatable bonds is 5. The van der Waals surface area contributed by atoms with Gasteiger partial charge in [-0.25, -0.2) is 0 Å². The summed E-state index contributed by atoms with van der Waals surface area (Å²) in [6.07, 6.45) is 0. The fraction of sp³-hybridized carbons (Fsp3) is 0.222. The van der Waals surface area contributed by atoms with Crippen LogP contribution in [0.15, 0.2) is 53.6 Å². The Kier molecular flexibility index (Phi) is 6.19. The van der Waals surface area contributed by atoms with Gasteiger partial charge in [-0.05, 0) is 60.5 Å². The van der Waals surface area contributed by atoms with Crippen LogP contribution in [0.1, 0.15) is 37.8 Å². The van der Waals surface area contributed by atoms with Crippen LogP contribution in [-0.4, -0.2) is 15.7 Å². The lowest BCUT2D eigenvalue weighted by Gasteiger charge is -2.10. The molecule has 0 amide bonds. The number of nitro groups is 1. The number of non-ortho nitro benzene ring substituents is 1. The zero-order valence-electron chi connectivity index (χ0n) is 14.3. The van der Waals surface area contributed by atoms with Gasteiger partial charge in [0.2, 0.25) is 0 Å². The summed E-state index contributed by atoms with van der Waals surface area (Å²) in [7, 11) is 0. The van der Waals surface area contributed by atoms with Gasteiger partial charge >= 0.3 is 0 Å². The molecule has 2 aromatic carbocycles. The van der Waals surface area contributed by atoms with E-state index in [2.05, 4.69) is 41.8 Å². The maximum absolute atomic E-state index is 10.7. The summed E-state index contributed by atoms with van der Waals surface area (Å²) in [4.78, 5) is 10.2. The summed E-state index contributed by atoms with van der Waals surface area (Å²) in [5.74, 6) is 0.480. The highest BCUT2D eigenvalue weighted by atomic mass is 32.1. The molecule has 0 aliphatic rings. The Bertz CT molecular complexity index is 784. The maximum atomic E-state index is 10.7. The standard InChI is InChI=1S/C18H20N4O2S/c1-12(2)14-4-8-16(9-5-14)19-18(25)21-20-13(3)15-6-10-17(11-7-15)22(23)24/h4-12H,1-3H3,(H2,19,21,25)/b20-13-. The molecule has 0 radical (unpaired) electrons. The molecule has 0 bridgehead atoms. The molecule has 2 N–H and O–H groups in total. The topological polar surface area (TPSA) is 79.6 Å². The lowest BCUT2D eigenvalue weighted by molar-refractivity contribution is -0.384. The van der Waals surface area contributed by atoms with Crippen LogP contribution in [0.4, 0.5) is 11.4 Å². The van der Waals surface area contributed by atoms with Crippen molar-refractivity contribution in [1.82, 2.24) is 5.43 Å². The summed E-state index contributed by atoms with van der Waals surface area (Å²) in [5.41, 5.74) is 6.42. The van der Waals surface area contributed by atoms with Crippen LogP contribution in [0, 0.1) is 10.1 Å². The minimum absolute atomic E-state index is 0.0477. The molecule has 0 heterocycles. The number of nitro benzene ring substituents is 1. The van der Waals surface area contributed by atoms with Crippen molar-refractivity contribution in [3.8, 4) is 0 Å². The Morgan fingerprint density at radius 1 is 1.12 bits per heavy atom. The Labute approximate surface area is 152 Å². The average Bonchev–Trinajstić information content (AvgIpc) is 2.60. The van der Waals surface area contributed by atoms with E-state index in [4.69, 9.17) is 12.2 Å². The fourth-order valence-corrected chi connectivity index (χ4v) is 2.30. The van der Waals surface area contributed by atoms with Gasteiger partial charge in [0, 0.05) is 17.8 Å². The third-order valence-electron chi connectivity index (χ3n) is 3.66. The molecule has 2 rings (SSSR count). The number of hydrazone groups is 1. The van der Waals surface area contributed by atoms with E-state index in [-0.39, 0.29) is 5.69 Å². The molecule has 0 spiro atoms. The summed E-state index contributed by atoms with van der Waals surface area (Å²) in [6.45, 7) is 6.09. The predicted octanol–water partition coefficient (Wildman–Crippen LogP) is 4.43. The van der Waals surface area contributed by atoms with Gasteiger partial charge in [-0.2, -0.15) is 5.10 Å². The number of hydrogen-bond donors (Lipinski definition) is 2. The van der Waals surface area contributed by atoms with Gasteiger partial charge in [0.15, 0.2) is 5.11 Å². The van der Waals surface area contributed by atoms with Gasteiger partial charge in [-0.1, -0.05) is 26.0 Å². The first-order valence-corrected chi connectivity index (χ1v) is 8.23. The molecule has 7 heteroatoms. The third-order valence-corrected chi connectivity index (χ3v) is 3.85. The Morgan fingerprint density at radius 3 is 2.24 bits per heavy atom. The lowest BCUT2D eigenvalue weighted by Crippen LogP contribution is -2.24. The van der Waals surface area contributed by atoms with Crippen LogP contribution in [0.3, 0.4) is 0 Å². The van der Waals surface area contributed by atoms with Crippen molar-refractivity contribution in [2.45, 2.75) is 26.7 Å². The second kappa shape index (κ2) is 8.34. The largest absolute Gasteiger partial charge is 0.331 e.